The maximum absolute atomic E-state index is 10.8. The predicted octanol–water partition coefficient (Wildman–Crippen LogP) is 2.29. The summed E-state index contributed by atoms with van der Waals surface area (Å²) in [7, 11) is 0. The fourth-order valence-electron chi connectivity index (χ4n) is 1.85. The maximum atomic E-state index is 10.8. The molecule has 18 heavy (non-hydrogen) atoms. The molecule has 0 radical (unpaired) electrons. The Labute approximate surface area is 105 Å². The van der Waals surface area contributed by atoms with E-state index in [-0.39, 0.29) is 6.42 Å². The van der Waals surface area contributed by atoms with Crippen molar-refractivity contribution in [3.8, 4) is 11.6 Å². The highest BCUT2D eigenvalue weighted by Gasteiger charge is 2.15. The Kier molecular flexibility index (Phi) is 3.14. The lowest BCUT2D eigenvalue weighted by Gasteiger charge is -2.08. The monoisotopic (exact) mass is 246 g/mol. The highest BCUT2D eigenvalue weighted by molar-refractivity contribution is 5.71. The molecular formula is C13H14N2O3. The van der Waals surface area contributed by atoms with E-state index >= 15 is 0 Å². The average Bonchev–Trinajstić information content (AvgIpc) is 2.69. The maximum Gasteiger partial charge on any atom is 0.307 e. The predicted molar refractivity (Wildman–Crippen MR) is 65.3 cm³/mol. The van der Waals surface area contributed by atoms with E-state index < -0.39 is 5.97 Å². The third kappa shape index (κ3) is 2.25. The summed E-state index contributed by atoms with van der Waals surface area (Å²) < 4.78 is 5.34. The average molecular weight is 246 g/mol. The highest BCUT2D eigenvalue weighted by Crippen LogP contribution is 2.23. The third-order valence-corrected chi connectivity index (χ3v) is 2.81. The molecule has 94 valence electrons. The van der Waals surface area contributed by atoms with Crippen molar-refractivity contribution in [2.75, 3.05) is 0 Å². The molecule has 1 N–H and O–H groups in total. The first-order valence-electron chi connectivity index (χ1n) is 5.59. The number of aryl methyl sites for hydroxylation is 3. The van der Waals surface area contributed by atoms with E-state index in [4.69, 9.17) is 9.52 Å². The molecule has 0 fully saturated rings. The van der Waals surface area contributed by atoms with Crippen molar-refractivity contribution in [3.63, 3.8) is 0 Å². The summed E-state index contributed by atoms with van der Waals surface area (Å²) in [4.78, 5) is 19.4. The van der Waals surface area contributed by atoms with Gasteiger partial charge in [-0.3, -0.25) is 4.79 Å². The molecule has 0 atom stereocenters. The van der Waals surface area contributed by atoms with E-state index in [0.29, 0.717) is 28.5 Å². The summed E-state index contributed by atoms with van der Waals surface area (Å²) in [5, 5.41) is 8.84. The number of hydrogen-bond acceptors (Lipinski definition) is 4. The van der Waals surface area contributed by atoms with Crippen LogP contribution in [-0.4, -0.2) is 21.0 Å². The molecule has 0 unspecified atom stereocenters. The van der Waals surface area contributed by atoms with Crippen LogP contribution in [0.4, 0.5) is 0 Å². The van der Waals surface area contributed by atoms with Crippen molar-refractivity contribution in [1.29, 1.82) is 0 Å². The van der Waals surface area contributed by atoms with Gasteiger partial charge >= 0.3 is 5.97 Å². The Bertz CT molecular complexity index is 579. The minimum atomic E-state index is -0.883. The number of carboxylic acids is 1. The Hall–Kier alpha value is -2.17. The number of aliphatic carboxylic acids is 1. The van der Waals surface area contributed by atoms with Crippen molar-refractivity contribution in [2.45, 2.75) is 27.2 Å². The SMILES string of the molecule is Cc1ccoc1-c1nc(C)c(CC(=O)O)c(C)n1. The summed E-state index contributed by atoms with van der Waals surface area (Å²) in [6.45, 7) is 5.49. The molecule has 0 amide bonds. The highest BCUT2D eigenvalue weighted by atomic mass is 16.4. The van der Waals surface area contributed by atoms with Crippen LogP contribution >= 0.6 is 0 Å². The summed E-state index contributed by atoms with van der Waals surface area (Å²) in [5.41, 5.74) is 2.97. The molecule has 0 spiro atoms. The number of carboxylic acid groups (broad SMARTS) is 1. The molecule has 2 aromatic rings. The smallest absolute Gasteiger partial charge is 0.307 e. The van der Waals surface area contributed by atoms with Crippen LogP contribution in [0.1, 0.15) is 22.5 Å². The van der Waals surface area contributed by atoms with Crippen LogP contribution < -0.4 is 0 Å². The summed E-state index contributed by atoms with van der Waals surface area (Å²) >= 11 is 0. The molecule has 2 heterocycles. The molecule has 0 aliphatic rings. The van der Waals surface area contributed by atoms with Gasteiger partial charge in [0.15, 0.2) is 11.6 Å². The number of rotatable bonds is 3. The summed E-state index contributed by atoms with van der Waals surface area (Å²) in [6, 6.07) is 1.84. The number of aromatic nitrogens is 2. The minimum Gasteiger partial charge on any atom is -0.481 e. The van der Waals surface area contributed by atoms with E-state index in [1.807, 2.05) is 13.0 Å². The van der Waals surface area contributed by atoms with E-state index in [1.54, 1.807) is 20.1 Å². The molecule has 5 heteroatoms. The van der Waals surface area contributed by atoms with Crippen LogP contribution in [0.5, 0.6) is 0 Å². The van der Waals surface area contributed by atoms with Gasteiger partial charge in [-0.2, -0.15) is 0 Å². The van der Waals surface area contributed by atoms with Gasteiger partial charge in [0.1, 0.15) is 0 Å². The van der Waals surface area contributed by atoms with Gasteiger partial charge in [-0.1, -0.05) is 0 Å². The van der Waals surface area contributed by atoms with E-state index in [0.717, 1.165) is 5.56 Å². The van der Waals surface area contributed by atoms with Gasteiger partial charge in [-0.15, -0.1) is 0 Å². The molecule has 0 aromatic carbocycles. The fourth-order valence-corrected chi connectivity index (χ4v) is 1.85. The van der Waals surface area contributed by atoms with E-state index in [9.17, 15) is 4.79 Å². The number of nitrogens with zero attached hydrogens (tertiary/aromatic N) is 2. The zero-order chi connectivity index (χ0) is 13.3. The Balaban J connectivity index is 2.49. The van der Waals surface area contributed by atoms with Gasteiger partial charge in [0.25, 0.3) is 0 Å². The molecule has 0 aliphatic carbocycles. The van der Waals surface area contributed by atoms with Crippen LogP contribution in [0.2, 0.25) is 0 Å². The summed E-state index contributed by atoms with van der Waals surface area (Å²) in [5.74, 6) is 0.247. The first-order valence-corrected chi connectivity index (χ1v) is 5.59. The third-order valence-electron chi connectivity index (χ3n) is 2.81. The second-order valence-electron chi connectivity index (χ2n) is 4.20. The first kappa shape index (κ1) is 12.3. The molecule has 0 aliphatic heterocycles. The molecule has 0 bridgehead atoms. The second-order valence-corrected chi connectivity index (χ2v) is 4.20. The largest absolute Gasteiger partial charge is 0.481 e. The first-order chi connectivity index (χ1) is 8.49. The van der Waals surface area contributed by atoms with Gasteiger partial charge in [-0.05, 0) is 32.4 Å². The number of furan rings is 1. The number of carbonyl (C=O) groups is 1. The van der Waals surface area contributed by atoms with Crippen molar-refractivity contribution in [2.24, 2.45) is 0 Å². The Morgan fingerprint density at radius 3 is 2.33 bits per heavy atom. The van der Waals surface area contributed by atoms with Crippen LogP contribution in [0.25, 0.3) is 11.6 Å². The Morgan fingerprint density at radius 1 is 1.28 bits per heavy atom. The van der Waals surface area contributed by atoms with Crippen molar-refractivity contribution in [3.05, 3.63) is 34.8 Å². The standard InChI is InChI=1S/C13H14N2O3/c1-7-4-5-18-12(7)13-14-8(2)10(6-11(16)17)9(3)15-13/h4-5H,6H2,1-3H3,(H,16,17). The zero-order valence-corrected chi connectivity index (χ0v) is 10.5. The lowest BCUT2D eigenvalue weighted by atomic mass is 10.1. The van der Waals surface area contributed by atoms with Crippen LogP contribution in [-0.2, 0) is 11.2 Å². The van der Waals surface area contributed by atoms with Crippen LogP contribution in [0.3, 0.4) is 0 Å². The van der Waals surface area contributed by atoms with Gasteiger partial charge in [0.05, 0.1) is 12.7 Å². The van der Waals surface area contributed by atoms with E-state index in [2.05, 4.69) is 9.97 Å². The fraction of sp³-hybridized carbons (Fsp3) is 0.308. The normalized spacial score (nSPS) is 10.6. The lowest BCUT2D eigenvalue weighted by molar-refractivity contribution is -0.136. The van der Waals surface area contributed by atoms with Crippen molar-refractivity contribution in [1.82, 2.24) is 9.97 Å². The molecule has 0 saturated heterocycles. The lowest BCUT2D eigenvalue weighted by Crippen LogP contribution is -2.08. The quantitative estimate of drug-likeness (QED) is 0.899. The molecule has 2 rings (SSSR count). The van der Waals surface area contributed by atoms with Gasteiger partial charge in [0.2, 0.25) is 0 Å². The van der Waals surface area contributed by atoms with Gasteiger partial charge < -0.3 is 9.52 Å². The minimum absolute atomic E-state index is 0.0604. The van der Waals surface area contributed by atoms with Crippen LogP contribution in [0, 0.1) is 20.8 Å². The summed E-state index contributed by atoms with van der Waals surface area (Å²) in [6.07, 6.45) is 1.53. The topological polar surface area (TPSA) is 76.2 Å². The van der Waals surface area contributed by atoms with Crippen LogP contribution in [0.15, 0.2) is 16.7 Å². The molecular weight excluding hydrogens is 232 g/mol. The Morgan fingerprint density at radius 2 is 1.89 bits per heavy atom. The second kappa shape index (κ2) is 4.60. The van der Waals surface area contributed by atoms with Gasteiger partial charge in [-0.25, -0.2) is 9.97 Å². The molecule has 0 saturated carbocycles. The van der Waals surface area contributed by atoms with Crippen molar-refractivity contribution < 1.29 is 14.3 Å². The van der Waals surface area contributed by atoms with Gasteiger partial charge in [0, 0.05) is 17.0 Å². The molecule has 2 aromatic heterocycles. The zero-order valence-electron chi connectivity index (χ0n) is 10.5. The van der Waals surface area contributed by atoms with E-state index in [1.165, 1.54) is 0 Å². The molecule has 5 nitrogen and oxygen atoms in total. The van der Waals surface area contributed by atoms with Crippen molar-refractivity contribution >= 4 is 5.97 Å². The number of hydrogen-bond donors (Lipinski definition) is 1.